The normalized spacial score (nSPS) is 10.1. The number of hydrogen-bond donors (Lipinski definition) is 6. The maximum absolute atomic E-state index is 11.9. The first-order chi connectivity index (χ1) is 62.4. The highest BCUT2D eigenvalue weighted by atomic mass is 127. The first-order valence-electron chi connectivity index (χ1n) is 37.6. The average molecular weight is 1920 g/mol. The van der Waals surface area contributed by atoms with Crippen LogP contribution in [0.15, 0.2) is 267 Å². The van der Waals surface area contributed by atoms with Gasteiger partial charge in [0.2, 0.25) is 0 Å². The van der Waals surface area contributed by atoms with Gasteiger partial charge in [-0.1, -0.05) is 155 Å². The largest absolute Gasteiger partial charge is 0.478 e. The number of benzene rings is 12. The molecule has 0 saturated heterocycles. The number of aromatic nitrogens is 8. The molecular weight excluding hydrogens is 1840 g/mol. The Hall–Kier alpha value is -16.6. The SMILES string of the molecule is COC(=O)c1cc(-c2ccc(C)cc2)cc(-n2cnnn2)c1.COC(=O)c1cc(-c2ccc(C)cc2)cc([N+](=O)[O-])c1.COC(=O)c1cc(N)cc(-c2ccc(C)cc2)c1.CSOOOO.Cc1ccc(-c2cc(C(=O)O)cc(-n3cnnn3)c2)cc1.Cc1ccc(-c2cc(C(=O)O)cc([N+](=O)[O-])c2)cc1.O=C(O)c1cc(I)cc([N+](=O)[O-])c1.O=C(O)c1cccc([N+](=O)[O-])c1. The number of carbonyl (C=O) groups is 7. The second kappa shape index (κ2) is 49.9. The number of hydrogen-bond acceptors (Lipinski definition) is 30. The number of nitro benzene ring substituents is 4. The third-order valence-electron chi connectivity index (χ3n) is 17.7. The Morgan fingerprint density at radius 1 is 0.359 bits per heavy atom. The zero-order valence-electron chi connectivity index (χ0n) is 70.4. The quantitative estimate of drug-likeness (QED) is 0.00448. The third-order valence-corrected chi connectivity index (χ3v) is 18.5. The number of aromatic carboxylic acids is 4. The molecule has 39 nitrogen and oxygen atoms in total. The van der Waals surface area contributed by atoms with E-state index in [-0.39, 0.29) is 56.5 Å². The molecule has 2 heterocycles. The van der Waals surface area contributed by atoms with Crippen molar-refractivity contribution in [1.29, 1.82) is 0 Å². The van der Waals surface area contributed by atoms with Gasteiger partial charge in [-0.05, 0) is 223 Å². The molecule has 0 atom stereocenters. The molecule has 0 spiro atoms. The number of carbonyl (C=O) groups excluding carboxylic acids is 3. The standard InChI is InChI=1S/C16H14N4O2.C15H12N4O2.C15H13NO4.C15H15NO2.C14H11NO4.C7H4INO4.C7H5NO4.CH4O4S/c1-11-3-5-12(6-4-11)13-7-14(16(21)22-2)9-15(8-13)20-10-17-18-19-20;1-10-2-4-11(5-3-10)12-6-13(15(20)21)8-14(7-12)19-9-16-17-18-19;1-10-3-5-11(6-4-10)12-7-13(15(17)20-2)9-14(8-12)16(18)19;1-10-3-5-11(6-4-10)12-7-13(15(17)18-2)9-14(16)8-12;1-9-2-4-10(5-3-9)11-6-12(14(16)17)8-13(7-11)15(18)19;8-5-1-4(7(10)11)2-6(3-5)9(12)13;9-7(10)5-2-1-3-6(4-5)8(11)12;1-6-5-4-3-2/h3-10H,1-2H3;2-9H,1H3,(H,20,21);3-9H,1-2H3;3-9H,16H2,1-2H3;2-8H,1H3,(H,16,17);1-3H,(H,10,11);1-4H,(H,9,10);2H,1H3. The molecule has 0 fully saturated rings. The van der Waals surface area contributed by atoms with Crippen LogP contribution in [-0.2, 0) is 28.6 Å². The van der Waals surface area contributed by atoms with Crippen LogP contribution in [0.2, 0.25) is 0 Å². The molecule has 7 N–H and O–H groups in total. The van der Waals surface area contributed by atoms with Gasteiger partial charge in [-0.15, -0.1) is 14.5 Å². The van der Waals surface area contributed by atoms with Crippen LogP contribution in [0.3, 0.4) is 0 Å². The summed E-state index contributed by atoms with van der Waals surface area (Å²) < 4.78 is 21.5. The van der Waals surface area contributed by atoms with E-state index in [2.05, 4.69) is 50.2 Å². The van der Waals surface area contributed by atoms with Crippen molar-refractivity contribution in [2.75, 3.05) is 33.3 Å². The summed E-state index contributed by atoms with van der Waals surface area (Å²) in [7, 11) is 3.96. The van der Waals surface area contributed by atoms with Crippen LogP contribution in [-0.4, -0.2) is 155 Å². The van der Waals surface area contributed by atoms with Crippen LogP contribution >= 0.6 is 34.6 Å². The molecule has 14 rings (SSSR count). The Morgan fingerprint density at radius 2 is 0.649 bits per heavy atom. The molecule has 131 heavy (non-hydrogen) atoms. The van der Waals surface area contributed by atoms with Crippen molar-refractivity contribution in [3.05, 3.63) is 378 Å². The van der Waals surface area contributed by atoms with Gasteiger partial charge in [-0.3, -0.25) is 40.5 Å². The first-order valence-corrected chi connectivity index (χ1v) is 39.8. The van der Waals surface area contributed by atoms with Gasteiger partial charge in [0.25, 0.3) is 22.7 Å². The number of methoxy groups -OCH3 is 3. The molecule has 0 amide bonds. The number of carboxylic acid groups (broad SMARTS) is 4. The fourth-order valence-corrected chi connectivity index (χ4v) is 12.0. The Kier molecular flexibility index (Phi) is 38.7. The number of carboxylic acids is 4. The Balaban J connectivity index is 0.000000208. The Bertz CT molecular complexity index is 6280. The first kappa shape index (κ1) is 101. The summed E-state index contributed by atoms with van der Waals surface area (Å²) in [6.07, 6.45) is 4.52. The van der Waals surface area contributed by atoms with Crippen LogP contribution in [0.5, 0.6) is 0 Å². The van der Waals surface area contributed by atoms with Gasteiger partial charge >= 0.3 is 41.8 Å². The summed E-state index contributed by atoms with van der Waals surface area (Å²) >= 11 is 2.75. The zero-order chi connectivity index (χ0) is 96.1. The monoisotopic (exact) mass is 1920 g/mol. The minimum atomic E-state index is -1.18. The number of anilines is 1. The van der Waals surface area contributed by atoms with E-state index in [1.807, 2.05) is 185 Å². The molecule has 14 aromatic rings. The number of esters is 3. The minimum Gasteiger partial charge on any atom is -0.478 e. The summed E-state index contributed by atoms with van der Waals surface area (Å²) in [5.41, 5.74) is 21.9. The number of halogens is 1. The molecule has 0 unspecified atom stereocenters. The van der Waals surface area contributed by atoms with E-state index in [0.29, 0.717) is 42.9 Å². The van der Waals surface area contributed by atoms with Gasteiger partial charge in [0, 0.05) is 76.1 Å². The van der Waals surface area contributed by atoms with E-state index in [1.54, 1.807) is 54.8 Å². The molecule has 0 bridgehead atoms. The van der Waals surface area contributed by atoms with Crippen molar-refractivity contribution in [3.8, 4) is 67.0 Å². The lowest BCUT2D eigenvalue weighted by molar-refractivity contribution is -0.591. The van der Waals surface area contributed by atoms with Gasteiger partial charge in [-0.25, -0.2) is 48.2 Å². The molecule has 41 heteroatoms. The van der Waals surface area contributed by atoms with E-state index < -0.39 is 55.5 Å². The molecular formula is C90H78IN13O26S. The zero-order valence-corrected chi connectivity index (χ0v) is 73.4. The topological polar surface area (TPSA) is 562 Å². The number of aryl methyl sites for hydroxylation is 5. The predicted octanol–water partition coefficient (Wildman–Crippen LogP) is 18.2. The highest BCUT2D eigenvalue weighted by Crippen LogP contribution is 2.32. The minimum absolute atomic E-state index is 0.0707. The maximum atomic E-state index is 11.9. The number of rotatable bonds is 21. The van der Waals surface area contributed by atoms with Crippen molar-refractivity contribution in [3.63, 3.8) is 0 Å². The lowest BCUT2D eigenvalue weighted by Gasteiger charge is -2.09. The van der Waals surface area contributed by atoms with E-state index in [1.165, 1.54) is 115 Å². The van der Waals surface area contributed by atoms with E-state index in [0.717, 1.165) is 91.4 Å². The molecule has 672 valence electrons. The van der Waals surface area contributed by atoms with Crippen LogP contribution < -0.4 is 5.73 Å². The van der Waals surface area contributed by atoms with Crippen molar-refractivity contribution >= 4 is 105 Å². The number of nitrogen functional groups attached to an aromatic ring is 1. The molecule has 2 aromatic heterocycles. The highest BCUT2D eigenvalue weighted by Gasteiger charge is 2.20. The van der Waals surface area contributed by atoms with Gasteiger partial charge in [0.15, 0.2) is 0 Å². The molecule has 0 radical (unpaired) electrons. The van der Waals surface area contributed by atoms with Crippen LogP contribution in [0, 0.1) is 78.6 Å². The number of ether oxygens (including phenoxy) is 3. The summed E-state index contributed by atoms with van der Waals surface area (Å²) in [4.78, 5) is 118. The van der Waals surface area contributed by atoms with E-state index >= 15 is 0 Å². The average Bonchev–Trinajstić information content (AvgIpc) is 1.81. The number of nitrogens with zero attached hydrogens (tertiary/aromatic N) is 12. The highest BCUT2D eigenvalue weighted by molar-refractivity contribution is 14.1. The molecule has 0 aliphatic carbocycles. The van der Waals surface area contributed by atoms with Crippen LogP contribution in [0.1, 0.15) is 100 Å². The second-order valence-electron chi connectivity index (χ2n) is 27.1. The van der Waals surface area contributed by atoms with Gasteiger partial charge in [0.05, 0.1) is 91.3 Å². The summed E-state index contributed by atoms with van der Waals surface area (Å²) in [5.74, 6) is -5.88. The number of nitrogens with two attached hydrogens (primary N) is 1. The molecule has 0 saturated carbocycles. The fraction of sp³-hybridized carbons (Fsp3) is 0.100. The van der Waals surface area contributed by atoms with Gasteiger partial charge in [0.1, 0.15) is 12.7 Å². The summed E-state index contributed by atoms with van der Waals surface area (Å²) in [5, 5.41) is 114. The number of non-ortho nitro benzene ring substituents is 4. The Morgan fingerprint density at radius 3 is 0.962 bits per heavy atom. The summed E-state index contributed by atoms with van der Waals surface area (Å²) in [6, 6.07) is 71.3. The second-order valence-corrected chi connectivity index (χ2v) is 28.8. The van der Waals surface area contributed by atoms with Crippen LogP contribution in [0.25, 0.3) is 67.0 Å². The van der Waals surface area contributed by atoms with Crippen molar-refractivity contribution < 1.29 is 108 Å². The number of tetrazole rings is 2. The maximum Gasteiger partial charge on any atom is 0.338 e. The lowest BCUT2D eigenvalue weighted by Crippen LogP contribution is -2.04. The molecule has 0 aliphatic heterocycles. The summed E-state index contributed by atoms with van der Waals surface area (Å²) in [6.45, 7) is 9.95. The lowest BCUT2D eigenvalue weighted by atomic mass is 10.0. The van der Waals surface area contributed by atoms with Crippen molar-refractivity contribution in [1.82, 2.24) is 40.4 Å². The smallest absolute Gasteiger partial charge is 0.338 e. The van der Waals surface area contributed by atoms with E-state index in [4.69, 9.17) is 35.8 Å². The predicted molar refractivity (Wildman–Crippen MR) is 486 cm³/mol. The third kappa shape index (κ3) is 31.8. The van der Waals surface area contributed by atoms with Crippen LogP contribution in [0.4, 0.5) is 28.4 Å². The van der Waals surface area contributed by atoms with Gasteiger partial charge in [-0.2, -0.15) is 0 Å². The van der Waals surface area contributed by atoms with E-state index in [9.17, 15) is 79.1 Å². The van der Waals surface area contributed by atoms with Crippen molar-refractivity contribution in [2.45, 2.75) is 34.6 Å². The Labute approximate surface area is 761 Å². The number of nitro groups is 4. The van der Waals surface area contributed by atoms with Gasteiger partial charge < -0.3 is 40.4 Å². The van der Waals surface area contributed by atoms with Crippen molar-refractivity contribution in [2.24, 2.45) is 0 Å². The molecule has 0 aliphatic rings. The fourth-order valence-electron chi connectivity index (χ4n) is 11.2. The molecule has 12 aromatic carbocycles.